The van der Waals surface area contributed by atoms with E-state index in [0.717, 1.165) is 35.7 Å². The van der Waals surface area contributed by atoms with Crippen LogP contribution >= 0.6 is 15.9 Å². The fraction of sp³-hybridized carbons (Fsp3) is 0.357. The summed E-state index contributed by atoms with van der Waals surface area (Å²) < 4.78 is 81.3. The van der Waals surface area contributed by atoms with Gasteiger partial charge in [-0.1, -0.05) is 47.1 Å². The lowest BCUT2D eigenvalue weighted by atomic mass is 9.90. The number of carbonyl (C=O) groups excluding carboxylic acids is 1. The lowest BCUT2D eigenvalue weighted by Crippen LogP contribution is -2.36. The molecule has 220 valence electrons. The van der Waals surface area contributed by atoms with Gasteiger partial charge in [0.25, 0.3) is 0 Å². The van der Waals surface area contributed by atoms with Crippen LogP contribution in [0.5, 0.6) is 0 Å². The van der Waals surface area contributed by atoms with Crippen molar-refractivity contribution < 1.29 is 30.8 Å². The summed E-state index contributed by atoms with van der Waals surface area (Å²) in [5, 5.41) is 2.80. The first-order chi connectivity index (χ1) is 19.2. The predicted octanol–water partition coefficient (Wildman–Crippen LogP) is 6.06. The van der Waals surface area contributed by atoms with Crippen molar-refractivity contribution in [3.63, 3.8) is 0 Å². The molecule has 2 heterocycles. The highest BCUT2D eigenvalue weighted by atomic mass is 79.9. The van der Waals surface area contributed by atoms with Crippen molar-refractivity contribution >= 4 is 43.4 Å². The number of hydrogen-bond acceptors (Lipinski definition) is 5. The molecule has 4 rings (SSSR count). The van der Waals surface area contributed by atoms with Crippen LogP contribution < -0.4 is 14.9 Å². The SMILES string of the molecule is CC1CCN(c2nc(C(F)(F)F)ccc2CNC(=O)C(c2ccc(Br)cc2)c2ccc(NS(C)(=O)=O)c(F)c2)CC1. The molecule has 41 heavy (non-hydrogen) atoms. The van der Waals surface area contributed by atoms with Crippen molar-refractivity contribution in [3.8, 4) is 0 Å². The summed E-state index contributed by atoms with van der Waals surface area (Å²) in [5.74, 6) is -1.75. The second kappa shape index (κ2) is 12.4. The molecule has 13 heteroatoms. The monoisotopic (exact) mass is 656 g/mol. The Bertz CT molecular complexity index is 1510. The Morgan fingerprint density at radius 1 is 1.07 bits per heavy atom. The van der Waals surface area contributed by atoms with Gasteiger partial charge in [-0.05, 0) is 60.2 Å². The number of benzene rings is 2. The first kappa shape index (κ1) is 30.8. The number of nitrogens with one attached hydrogen (secondary N) is 2. The molecule has 0 saturated carbocycles. The van der Waals surface area contributed by atoms with Crippen LogP contribution in [0, 0.1) is 11.7 Å². The molecule has 3 aromatic rings. The second-order valence-electron chi connectivity index (χ2n) is 10.2. The summed E-state index contributed by atoms with van der Waals surface area (Å²) >= 11 is 3.35. The first-order valence-electron chi connectivity index (χ1n) is 12.8. The third-order valence-electron chi connectivity index (χ3n) is 6.87. The number of piperidine rings is 1. The maximum Gasteiger partial charge on any atom is 0.433 e. The lowest BCUT2D eigenvalue weighted by molar-refractivity contribution is -0.141. The van der Waals surface area contributed by atoms with Crippen LogP contribution in [0.4, 0.5) is 29.1 Å². The number of anilines is 2. The summed E-state index contributed by atoms with van der Waals surface area (Å²) in [7, 11) is -3.73. The van der Waals surface area contributed by atoms with Gasteiger partial charge < -0.3 is 10.2 Å². The second-order valence-corrected chi connectivity index (χ2v) is 12.8. The van der Waals surface area contributed by atoms with Gasteiger partial charge in [-0.25, -0.2) is 17.8 Å². The van der Waals surface area contributed by atoms with E-state index in [4.69, 9.17) is 0 Å². The predicted molar refractivity (Wildman–Crippen MR) is 153 cm³/mol. The van der Waals surface area contributed by atoms with Crippen molar-refractivity contribution in [1.29, 1.82) is 0 Å². The van der Waals surface area contributed by atoms with Gasteiger partial charge in [-0.15, -0.1) is 0 Å². The smallest absolute Gasteiger partial charge is 0.356 e. The Labute approximate surface area is 244 Å². The molecule has 0 bridgehead atoms. The molecule has 1 amide bonds. The molecule has 1 saturated heterocycles. The van der Waals surface area contributed by atoms with Crippen LogP contribution in [-0.2, 0) is 27.5 Å². The van der Waals surface area contributed by atoms with E-state index in [-0.39, 0.29) is 23.6 Å². The zero-order valence-electron chi connectivity index (χ0n) is 22.3. The quantitative estimate of drug-likeness (QED) is 0.288. The minimum Gasteiger partial charge on any atom is -0.356 e. The third-order valence-corrected chi connectivity index (χ3v) is 7.99. The highest BCUT2D eigenvalue weighted by Gasteiger charge is 2.34. The maximum atomic E-state index is 14.9. The van der Waals surface area contributed by atoms with Gasteiger partial charge in [0, 0.05) is 29.7 Å². The van der Waals surface area contributed by atoms with Gasteiger partial charge in [0.2, 0.25) is 15.9 Å². The van der Waals surface area contributed by atoms with Crippen LogP contribution in [-0.4, -0.2) is 38.7 Å². The molecule has 0 radical (unpaired) electrons. The number of pyridine rings is 1. The van der Waals surface area contributed by atoms with Crippen LogP contribution in [0.1, 0.15) is 48.1 Å². The molecule has 2 N–H and O–H groups in total. The molecule has 1 aliphatic rings. The summed E-state index contributed by atoms with van der Waals surface area (Å²) in [6.45, 7) is 3.08. The Kier molecular flexibility index (Phi) is 9.27. The maximum absolute atomic E-state index is 14.9. The number of amides is 1. The van der Waals surface area contributed by atoms with Gasteiger partial charge >= 0.3 is 6.18 Å². The molecular weight excluding hydrogens is 628 g/mol. The molecule has 0 aliphatic carbocycles. The largest absolute Gasteiger partial charge is 0.433 e. The number of rotatable bonds is 8. The van der Waals surface area contributed by atoms with E-state index in [9.17, 15) is 30.8 Å². The van der Waals surface area contributed by atoms with Crippen molar-refractivity contribution in [2.75, 3.05) is 29.0 Å². The van der Waals surface area contributed by atoms with Crippen LogP contribution in [0.25, 0.3) is 0 Å². The number of hydrogen-bond donors (Lipinski definition) is 2. The molecule has 1 aromatic heterocycles. The highest BCUT2D eigenvalue weighted by Crippen LogP contribution is 2.33. The van der Waals surface area contributed by atoms with Crippen LogP contribution in [0.3, 0.4) is 0 Å². The summed E-state index contributed by atoms with van der Waals surface area (Å²) in [5.41, 5.74) is -0.0500. The van der Waals surface area contributed by atoms with Crippen LogP contribution in [0.15, 0.2) is 59.1 Å². The first-order valence-corrected chi connectivity index (χ1v) is 15.5. The molecule has 1 unspecified atom stereocenters. The summed E-state index contributed by atoms with van der Waals surface area (Å²) in [6.07, 6.45) is -2.10. The van der Waals surface area contributed by atoms with Gasteiger partial charge in [0.1, 0.15) is 17.3 Å². The molecule has 1 fully saturated rings. The number of nitrogens with zero attached hydrogens (tertiary/aromatic N) is 2. The van der Waals surface area contributed by atoms with Gasteiger partial charge in [-0.2, -0.15) is 13.2 Å². The zero-order valence-corrected chi connectivity index (χ0v) is 24.7. The standard InChI is InChI=1S/C28H29BrF4N4O3S/c1-17-11-13-37(14-12-17)26-20(6-10-24(35-26)28(31,32)33)16-34-27(38)25(18-3-7-21(29)8-4-18)19-5-9-23(22(30)15-19)36-41(2,39)40/h3-10,15,17,25,36H,11-14,16H2,1-2H3,(H,34,38). The highest BCUT2D eigenvalue weighted by molar-refractivity contribution is 9.10. The van der Waals surface area contributed by atoms with Crippen molar-refractivity contribution in [2.24, 2.45) is 5.92 Å². The molecule has 7 nitrogen and oxygen atoms in total. The van der Waals surface area contributed by atoms with E-state index in [0.29, 0.717) is 30.1 Å². The van der Waals surface area contributed by atoms with Gasteiger partial charge in [0.05, 0.1) is 17.9 Å². The number of alkyl halides is 3. The molecule has 1 aliphatic heterocycles. The number of halogens is 5. The Hall–Kier alpha value is -3.19. The number of aromatic nitrogens is 1. The average molecular weight is 658 g/mol. The van der Waals surface area contributed by atoms with E-state index < -0.39 is 39.5 Å². The molecule has 0 spiro atoms. The summed E-state index contributed by atoms with van der Waals surface area (Å²) in [4.78, 5) is 19.4. The number of carbonyl (C=O) groups is 1. The number of sulfonamides is 1. The average Bonchev–Trinajstić information content (AvgIpc) is 2.89. The van der Waals surface area contributed by atoms with Crippen LogP contribution in [0.2, 0.25) is 0 Å². The van der Waals surface area contributed by atoms with Crippen molar-refractivity contribution in [1.82, 2.24) is 10.3 Å². The van der Waals surface area contributed by atoms with E-state index in [1.54, 1.807) is 24.3 Å². The Morgan fingerprint density at radius 2 is 1.71 bits per heavy atom. The van der Waals surface area contributed by atoms with Gasteiger partial charge in [0.15, 0.2) is 0 Å². The molecule has 2 aromatic carbocycles. The zero-order chi connectivity index (χ0) is 29.9. The van der Waals surface area contributed by atoms with Crippen molar-refractivity contribution in [3.05, 3.63) is 87.3 Å². The fourth-order valence-electron chi connectivity index (χ4n) is 4.70. The Balaban J connectivity index is 1.64. The molecular formula is C28H29BrF4N4O3S. The minimum absolute atomic E-state index is 0.103. The summed E-state index contributed by atoms with van der Waals surface area (Å²) in [6, 6.07) is 12.8. The molecule has 1 atom stereocenters. The Morgan fingerprint density at radius 3 is 2.29 bits per heavy atom. The lowest BCUT2D eigenvalue weighted by Gasteiger charge is -2.33. The van der Waals surface area contributed by atoms with E-state index in [1.807, 2.05) is 4.90 Å². The normalized spacial score (nSPS) is 15.4. The van der Waals surface area contributed by atoms with E-state index >= 15 is 0 Å². The third kappa shape index (κ3) is 7.97. The topological polar surface area (TPSA) is 91.4 Å². The fourth-order valence-corrected chi connectivity index (χ4v) is 5.52. The van der Waals surface area contributed by atoms with E-state index in [2.05, 4.69) is 37.9 Å². The van der Waals surface area contributed by atoms with Crippen molar-refractivity contribution in [2.45, 2.75) is 38.4 Å². The minimum atomic E-state index is -4.62. The van der Waals surface area contributed by atoms with E-state index in [1.165, 1.54) is 18.2 Å². The van der Waals surface area contributed by atoms with Gasteiger partial charge in [-0.3, -0.25) is 9.52 Å².